The summed E-state index contributed by atoms with van der Waals surface area (Å²) in [5.74, 6) is 4.39. The lowest BCUT2D eigenvalue weighted by atomic mass is 9.45. The summed E-state index contributed by atoms with van der Waals surface area (Å²) in [5, 5.41) is 20.3. The molecule has 0 bridgehead atoms. The van der Waals surface area contributed by atoms with E-state index >= 15 is 0 Å². The maximum absolute atomic E-state index is 10.3. The second kappa shape index (κ2) is 8.19. The summed E-state index contributed by atoms with van der Waals surface area (Å²) < 4.78 is 0. The molecule has 4 rings (SSSR count). The molecular formula is C27H46O3. The second-order valence-corrected chi connectivity index (χ2v) is 12.5. The Balaban J connectivity index is 1.55. The van der Waals surface area contributed by atoms with Crippen LogP contribution in [0, 0.1) is 46.3 Å². The van der Waals surface area contributed by atoms with Gasteiger partial charge in [-0.05, 0) is 79.4 Å². The van der Waals surface area contributed by atoms with Crippen LogP contribution in [0.5, 0.6) is 0 Å². The lowest BCUT2D eigenvalue weighted by molar-refractivity contribution is -0.361. The molecule has 3 nitrogen and oxygen atoms in total. The number of hydrogen-bond donors (Lipinski definition) is 2. The molecule has 0 unspecified atom stereocenters. The normalized spacial score (nSPS) is 48.9. The molecule has 0 aromatic heterocycles. The monoisotopic (exact) mass is 418 g/mol. The summed E-state index contributed by atoms with van der Waals surface area (Å²) in [7, 11) is 0. The van der Waals surface area contributed by atoms with E-state index in [1.165, 1.54) is 44.9 Å². The molecule has 172 valence electrons. The molecule has 0 heterocycles. The van der Waals surface area contributed by atoms with Crippen molar-refractivity contribution in [3.05, 3.63) is 12.2 Å². The Bertz CT molecular complexity index is 644. The average molecular weight is 419 g/mol. The van der Waals surface area contributed by atoms with E-state index in [-0.39, 0.29) is 11.5 Å². The summed E-state index contributed by atoms with van der Waals surface area (Å²) in [6, 6.07) is 0. The first kappa shape index (κ1) is 22.8. The number of hydrogen-bond acceptors (Lipinski definition) is 3. The first-order valence-corrected chi connectivity index (χ1v) is 12.9. The lowest BCUT2D eigenvalue weighted by Crippen LogP contribution is -2.61. The highest BCUT2D eigenvalue weighted by atomic mass is 17.1. The van der Waals surface area contributed by atoms with Crippen LogP contribution in [0.15, 0.2) is 12.2 Å². The molecule has 2 N–H and O–H groups in total. The lowest BCUT2D eigenvalue weighted by Gasteiger charge is -2.62. The molecule has 0 amide bonds. The Labute approximate surface area is 184 Å². The zero-order valence-corrected chi connectivity index (χ0v) is 20.1. The van der Waals surface area contributed by atoms with E-state index in [4.69, 9.17) is 4.89 Å². The van der Waals surface area contributed by atoms with Crippen molar-refractivity contribution in [2.24, 2.45) is 46.3 Å². The van der Waals surface area contributed by atoms with Crippen molar-refractivity contribution in [3.8, 4) is 0 Å². The minimum atomic E-state index is -0.707. The number of aliphatic hydroxyl groups is 1. The molecule has 3 fully saturated rings. The van der Waals surface area contributed by atoms with E-state index in [1.807, 2.05) is 0 Å². The minimum Gasteiger partial charge on any atom is -0.393 e. The van der Waals surface area contributed by atoms with Gasteiger partial charge in [0.2, 0.25) is 0 Å². The molecule has 3 heteroatoms. The van der Waals surface area contributed by atoms with Gasteiger partial charge in [0.1, 0.15) is 5.60 Å². The largest absolute Gasteiger partial charge is 0.393 e. The van der Waals surface area contributed by atoms with Gasteiger partial charge in [0.15, 0.2) is 0 Å². The molecule has 0 saturated heterocycles. The van der Waals surface area contributed by atoms with Gasteiger partial charge in [-0.15, -0.1) is 0 Å². The van der Waals surface area contributed by atoms with Gasteiger partial charge in [0.05, 0.1) is 6.10 Å². The summed E-state index contributed by atoms with van der Waals surface area (Å²) in [4.78, 5) is 5.22. The van der Waals surface area contributed by atoms with E-state index in [0.717, 1.165) is 36.5 Å². The minimum absolute atomic E-state index is 0.0807. The topological polar surface area (TPSA) is 49.7 Å². The van der Waals surface area contributed by atoms with Gasteiger partial charge < -0.3 is 5.11 Å². The van der Waals surface area contributed by atoms with Crippen molar-refractivity contribution < 1.29 is 15.3 Å². The van der Waals surface area contributed by atoms with E-state index in [9.17, 15) is 10.4 Å². The molecule has 9 atom stereocenters. The summed E-state index contributed by atoms with van der Waals surface area (Å²) >= 11 is 0. The van der Waals surface area contributed by atoms with Gasteiger partial charge in [-0.2, -0.15) is 0 Å². The molecule has 4 aliphatic rings. The quantitative estimate of drug-likeness (QED) is 0.281. The Kier molecular flexibility index (Phi) is 6.23. The van der Waals surface area contributed by atoms with Crippen LogP contribution in [-0.4, -0.2) is 22.1 Å². The summed E-state index contributed by atoms with van der Waals surface area (Å²) in [5.41, 5.74) is -0.336. The van der Waals surface area contributed by atoms with Gasteiger partial charge >= 0.3 is 0 Å². The van der Waals surface area contributed by atoms with Crippen molar-refractivity contribution in [2.45, 2.75) is 111 Å². The zero-order valence-electron chi connectivity index (χ0n) is 20.1. The molecule has 0 aromatic carbocycles. The van der Waals surface area contributed by atoms with Gasteiger partial charge in [-0.3, -0.25) is 5.26 Å². The number of fused-ring (bicyclic) bond motifs is 5. The van der Waals surface area contributed by atoms with Crippen LogP contribution in [0.2, 0.25) is 0 Å². The summed E-state index contributed by atoms with van der Waals surface area (Å²) in [6.45, 7) is 12.1. The SMILES string of the molecule is CC(C)CCC[C@@H](C)[C@H]1CC[C@H]2[C@@H]3C=C[C@]4(OO)C[C@@H](O)CC[C@]4(C)[C@H]3CC[C@]12C. The van der Waals surface area contributed by atoms with Crippen LogP contribution in [0.3, 0.4) is 0 Å². The van der Waals surface area contributed by atoms with E-state index < -0.39 is 5.60 Å². The van der Waals surface area contributed by atoms with Crippen molar-refractivity contribution in [1.29, 1.82) is 0 Å². The fourth-order valence-electron chi connectivity index (χ4n) is 8.79. The highest BCUT2D eigenvalue weighted by molar-refractivity contribution is 5.25. The zero-order chi connectivity index (χ0) is 21.7. The maximum atomic E-state index is 10.3. The standard InChI is InChI=1S/C27H46O3/c1-18(2)7-6-8-19(3)22-9-10-23-21-12-16-27(30-29)17-20(28)11-15-26(27,5)24(21)13-14-25(22,23)4/h12,16,18-24,28-29H,6-11,13-15,17H2,1-5H3/t19-,20+,21+,22-,23+,24+,25-,26-,27+/m1/s1. The molecular weight excluding hydrogens is 372 g/mol. The highest BCUT2D eigenvalue weighted by Gasteiger charge is 2.64. The molecule has 0 radical (unpaired) electrons. The number of rotatable bonds is 6. The van der Waals surface area contributed by atoms with Crippen molar-refractivity contribution in [3.63, 3.8) is 0 Å². The Morgan fingerprint density at radius 2 is 1.77 bits per heavy atom. The fourth-order valence-corrected chi connectivity index (χ4v) is 8.79. The predicted octanol–water partition coefficient (Wildman–Crippen LogP) is 6.86. The predicted molar refractivity (Wildman–Crippen MR) is 122 cm³/mol. The van der Waals surface area contributed by atoms with Crippen LogP contribution < -0.4 is 0 Å². The van der Waals surface area contributed by atoms with E-state index in [2.05, 4.69) is 46.8 Å². The smallest absolute Gasteiger partial charge is 0.129 e. The molecule has 0 aliphatic heterocycles. The van der Waals surface area contributed by atoms with Crippen LogP contribution in [0.25, 0.3) is 0 Å². The third-order valence-corrected chi connectivity index (χ3v) is 10.6. The van der Waals surface area contributed by atoms with Crippen LogP contribution in [0.4, 0.5) is 0 Å². The first-order chi connectivity index (χ1) is 14.2. The number of allylic oxidation sites excluding steroid dienone is 1. The maximum Gasteiger partial charge on any atom is 0.129 e. The molecule has 0 aromatic rings. The molecule has 4 aliphatic carbocycles. The van der Waals surface area contributed by atoms with Crippen molar-refractivity contribution >= 4 is 0 Å². The molecule has 3 saturated carbocycles. The average Bonchev–Trinajstić information content (AvgIpc) is 3.05. The number of aliphatic hydroxyl groups excluding tert-OH is 1. The van der Waals surface area contributed by atoms with Crippen LogP contribution >= 0.6 is 0 Å². The van der Waals surface area contributed by atoms with Crippen LogP contribution in [0.1, 0.15) is 98.8 Å². The molecule has 0 spiro atoms. The second-order valence-electron chi connectivity index (χ2n) is 12.5. The van der Waals surface area contributed by atoms with Gasteiger partial charge in [-0.1, -0.05) is 66.0 Å². The van der Waals surface area contributed by atoms with Gasteiger partial charge in [-0.25, -0.2) is 4.89 Å². The Hall–Kier alpha value is -0.380. The van der Waals surface area contributed by atoms with Crippen molar-refractivity contribution in [2.75, 3.05) is 0 Å². The van der Waals surface area contributed by atoms with E-state index in [1.54, 1.807) is 0 Å². The van der Waals surface area contributed by atoms with Gasteiger partial charge in [0, 0.05) is 11.8 Å². The summed E-state index contributed by atoms with van der Waals surface area (Å²) in [6.07, 6.45) is 15.9. The van der Waals surface area contributed by atoms with Crippen molar-refractivity contribution in [1.82, 2.24) is 0 Å². The third kappa shape index (κ3) is 3.42. The van der Waals surface area contributed by atoms with E-state index in [0.29, 0.717) is 23.7 Å². The molecule has 30 heavy (non-hydrogen) atoms. The first-order valence-electron chi connectivity index (χ1n) is 12.9. The Morgan fingerprint density at radius 1 is 1.00 bits per heavy atom. The fraction of sp³-hybridized carbons (Fsp3) is 0.926. The van der Waals surface area contributed by atoms with Crippen LogP contribution in [-0.2, 0) is 4.89 Å². The third-order valence-electron chi connectivity index (χ3n) is 10.6. The van der Waals surface area contributed by atoms with Gasteiger partial charge in [0.25, 0.3) is 0 Å². The highest BCUT2D eigenvalue weighted by Crippen LogP contribution is 2.68. The Morgan fingerprint density at radius 3 is 2.47 bits per heavy atom.